The van der Waals surface area contributed by atoms with Crippen LogP contribution >= 0.6 is 15.9 Å². The number of nitrogens with one attached hydrogen (secondary N) is 1. The van der Waals surface area contributed by atoms with Crippen molar-refractivity contribution in [3.8, 4) is 17.5 Å². The average Bonchev–Trinajstić information content (AvgIpc) is 2.34. The van der Waals surface area contributed by atoms with Crippen molar-refractivity contribution in [1.82, 2.24) is 10.2 Å². The van der Waals surface area contributed by atoms with Gasteiger partial charge in [-0.05, 0) is 30.3 Å². The van der Waals surface area contributed by atoms with Crippen LogP contribution in [0.3, 0.4) is 0 Å². The molecule has 0 fully saturated rings. The van der Waals surface area contributed by atoms with Gasteiger partial charge in [-0.3, -0.25) is 5.32 Å². The van der Waals surface area contributed by atoms with Gasteiger partial charge in [0.25, 0.3) is 0 Å². The Morgan fingerprint density at radius 2 is 2.06 bits per heavy atom. The molecular weight excluding hydrogens is 287 g/mol. The molecule has 0 unspecified atom stereocenters. The topological polar surface area (TPSA) is 61.6 Å². The van der Waals surface area contributed by atoms with Gasteiger partial charge in [0.1, 0.15) is 5.82 Å². The predicted octanol–water partition coefficient (Wildman–Crippen LogP) is 2.94. The molecule has 17 heavy (non-hydrogen) atoms. The van der Waals surface area contributed by atoms with E-state index in [2.05, 4.69) is 31.4 Å². The Kier molecular flexibility index (Phi) is 3.30. The van der Waals surface area contributed by atoms with Gasteiger partial charge in [-0.1, -0.05) is 15.9 Å². The molecule has 0 saturated heterocycles. The van der Waals surface area contributed by atoms with Gasteiger partial charge in [0.15, 0.2) is 12.0 Å². The molecule has 0 aliphatic rings. The third-order valence-corrected chi connectivity index (χ3v) is 2.55. The van der Waals surface area contributed by atoms with Crippen LogP contribution in [0.2, 0.25) is 0 Å². The largest absolute Gasteiger partial charge is 0.275 e. The van der Waals surface area contributed by atoms with Crippen molar-refractivity contribution in [1.29, 1.82) is 5.26 Å². The summed E-state index contributed by atoms with van der Waals surface area (Å²) in [7, 11) is 0. The van der Waals surface area contributed by atoms with Crippen molar-refractivity contribution in [3.63, 3.8) is 0 Å². The minimum Gasteiger partial charge on any atom is -0.275 e. The van der Waals surface area contributed by atoms with Crippen molar-refractivity contribution in [2.24, 2.45) is 0 Å². The van der Waals surface area contributed by atoms with E-state index in [-0.39, 0.29) is 5.82 Å². The first kappa shape index (κ1) is 11.5. The molecule has 0 spiro atoms. The molecule has 4 nitrogen and oxygen atoms in total. The quantitative estimate of drug-likeness (QED) is 0.683. The molecule has 0 saturated carbocycles. The van der Waals surface area contributed by atoms with Crippen molar-refractivity contribution in [2.75, 3.05) is 5.32 Å². The number of nitrogens with zero attached hydrogens (tertiary/aromatic N) is 3. The molecule has 84 valence electrons. The molecule has 1 aromatic carbocycles. The lowest BCUT2D eigenvalue weighted by atomic mass is 10.1. The molecule has 0 radical (unpaired) electrons. The molecule has 0 amide bonds. The molecule has 0 aliphatic carbocycles. The highest BCUT2D eigenvalue weighted by atomic mass is 79.9. The number of halogens is 2. The Bertz CT molecular complexity index is 577. The van der Waals surface area contributed by atoms with Gasteiger partial charge in [0.05, 0.1) is 5.69 Å². The fourth-order valence-corrected chi connectivity index (χ4v) is 1.65. The van der Waals surface area contributed by atoms with Crippen molar-refractivity contribution in [3.05, 3.63) is 40.6 Å². The molecule has 2 aromatic rings. The lowest BCUT2D eigenvalue weighted by Crippen LogP contribution is -1.96. The third kappa shape index (κ3) is 2.57. The van der Waals surface area contributed by atoms with E-state index in [1.807, 2.05) is 0 Å². The first-order valence-electron chi connectivity index (χ1n) is 4.65. The number of hydrogen-bond acceptors (Lipinski definition) is 4. The molecule has 1 aromatic heterocycles. The standard InChI is InChI=1S/C11H6BrFN4/c12-7-1-2-9(13)8(5-7)10-3-4-11(15-6-14)17-16-10/h1-5H,(H,15,17). The second kappa shape index (κ2) is 4.89. The number of nitriles is 1. The van der Waals surface area contributed by atoms with Gasteiger partial charge in [0, 0.05) is 10.0 Å². The van der Waals surface area contributed by atoms with Crippen LogP contribution in [0.15, 0.2) is 34.8 Å². The van der Waals surface area contributed by atoms with Crippen LogP contribution < -0.4 is 5.32 Å². The van der Waals surface area contributed by atoms with Crippen LogP contribution in [0.1, 0.15) is 0 Å². The van der Waals surface area contributed by atoms with E-state index in [4.69, 9.17) is 5.26 Å². The minimum absolute atomic E-state index is 0.326. The third-order valence-electron chi connectivity index (χ3n) is 2.05. The smallest absolute Gasteiger partial charge is 0.182 e. The summed E-state index contributed by atoms with van der Waals surface area (Å²) in [5.74, 6) is -0.0462. The molecule has 0 atom stereocenters. The normalized spacial score (nSPS) is 9.71. The number of anilines is 1. The van der Waals surface area contributed by atoms with E-state index in [1.54, 1.807) is 30.5 Å². The van der Waals surface area contributed by atoms with Crippen LogP contribution in [-0.4, -0.2) is 10.2 Å². The highest BCUT2D eigenvalue weighted by Crippen LogP contribution is 2.24. The maximum atomic E-state index is 13.5. The Balaban J connectivity index is 2.40. The Morgan fingerprint density at radius 3 is 2.71 bits per heavy atom. The van der Waals surface area contributed by atoms with Crippen molar-refractivity contribution in [2.45, 2.75) is 0 Å². The Labute approximate surface area is 105 Å². The minimum atomic E-state index is -0.372. The monoisotopic (exact) mass is 292 g/mol. The second-order valence-corrected chi connectivity index (χ2v) is 4.08. The molecule has 2 rings (SSSR count). The highest BCUT2D eigenvalue weighted by molar-refractivity contribution is 9.10. The summed E-state index contributed by atoms with van der Waals surface area (Å²) in [4.78, 5) is 0. The summed E-state index contributed by atoms with van der Waals surface area (Å²) >= 11 is 3.26. The summed E-state index contributed by atoms with van der Waals surface area (Å²) in [5, 5.41) is 18.3. The molecule has 6 heteroatoms. The number of rotatable bonds is 2. The summed E-state index contributed by atoms with van der Waals surface area (Å²) in [5.41, 5.74) is 0.766. The molecule has 1 heterocycles. The first-order chi connectivity index (χ1) is 8.20. The van der Waals surface area contributed by atoms with E-state index in [9.17, 15) is 4.39 Å². The fraction of sp³-hybridized carbons (Fsp3) is 0. The van der Waals surface area contributed by atoms with Gasteiger partial charge < -0.3 is 0 Å². The van der Waals surface area contributed by atoms with Gasteiger partial charge >= 0.3 is 0 Å². The summed E-state index contributed by atoms with van der Waals surface area (Å²) in [6, 6.07) is 7.74. The van der Waals surface area contributed by atoms with Gasteiger partial charge in [-0.25, -0.2) is 4.39 Å². The van der Waals surface area contributed by atoms with E-state index >= 15 is 0 Å². The molecule has 1 N–H and O–H groups in total. The first-order valence-corrected chi connectivity index (χ1v) is 5.44. The average molecular weight is 293 g/mol. The predicted molar refractivity (Wildman–Crippen MR) is 64.4 cm³/mol. The van der Waals surface area contributed by atoms with Gasteiger partial charge in [-0.15, -0.1) is 10.2 Å². The van der Waals surface area contributed by atoms with E-state index in [1.165, 1.54) is 6.07 Å². The van der Waals surface area contributed by atoms with Crippen molar-refractivity contribution >= 4 is 21.7 Å². The van der Waals surface area contributed by atoms with Crippen LogP contribution in [0.5, 0.6) is 0 Å². The molecular formula is C11H6BrFN4. The van der Waals surface area contributed by atoms with E-state index in [0.717, 1.165) is 4.47 Å². The van der Waals surface area contributed by atoms with Gasteiger partial charge in [0.2, 0.25) is 0 Å². The van der Waals surface area contributed by atoms with Crippen LogP contribution in [0.4, 0.5) is 10.2 Å². The zero-order chi connectivity index (χ0) is 12.3. The van der Waals surface area contributed by atoms with Crippen LogP contribution in [0, 0.1) is 17.3 Å². The fourth-order valence-electron chi connectivity index (χ4n) is 1.29. The molecule has 0 aliphatic heterocycles. The Hall–Kier alpha value is -2.00. The number of aromatic nitrogens is 2. The summed E-state index contributed by atoms with van der Waals surface area (Å²) in [6.07, 6.45) is 1.73. The van der Waals surface area contributed by atoms with Crippen molar-refractivity contribution < 1.29 is 4.39 Å². The lowest BCUT2D eigenvalue weighted by molar-refractivity contribution is 0.630. The SMILES string of the molecule is N#CNc1ccc(-c2cc(Br)ccc2F)nn1. The summed E-state index contributed by atoms with van der Waals surface area (Å²) in [6.45, 7) is 0. The van der Waals surface area contributed by atoms with E-state index < -0.39 is 0 Å². The Morgan fingerprint density at radius 1 is 1.24 bits per heavy atom. The number of benzene rings is 1. The highest BCUT2D eigenvalue weighted by Gasteiger charge is 2.07. The molecule has 0 bridgehead atoms. The van der Waals surface area contributed by atoms with E-state index in [0.29, 0.717) is 17.1 Å². The zero-order valence-electron chi connectivity index (χ0n) is 8.48. The second-order valence-electron chi connectivity index (χ2n) is 3.16. The lowest BCUT2D eigenvalue weighted by Gasteiger charge is -2.03. The number of hydrogen-bond donors (Lipinski definition) is 1. The van der Waals surface area contributed by atoms with Gasteiger partial charge in [-0.2, -0.15) is 5.26 Å². The van der Waals surface area contributed by atoms with Crippen LogP contribution in [-0.2, 0) is 0 Å². The van der Waals surface area contributed by atoms with Crippen LogP contribution in [0.25, 0.3) is 11.3 Å². The summed E-state index contributed by atoms with van der Waals surface area (Å²) < 4.78 is 14.3. The zero-order valence-corrected chi connectivity index (χ0v) is 10.1. The maximum absolute atomic E-state index is 13.5. The maximum Gasteiger partial charge on any atom is 0.182 e.